The fourth-order valence-corrected chi connectivity index (χ4v) is 2.68. The molecule has 8 heteroatoms. The van der Waals surface area contributed by atoms with Gasteiger partial charge in [0, 0.05) is 17.2 Å². The zero-order valence-corrected chi connectivity index (χ0v) is 18.1. The fraction of sp³-hybridized carbons (Fsp3) is 0.364. The van der Waals surface area contributed by atoms with Crippen LogP contribution in [0.3, 0.4) is 0 Å². The van der Waals surface area contributed by atoms with Gasteiger partial charge in [0.2, 0.25) is 0 Å². The highest BCUT2D eigenvalue weighted by Gasteiger charge is 2.21. The lowest BCUT2D eigenvalue weighted by Gasteiger charge is -2.19. The van der Waals surface area contributed by atoms with E-state index in [-0.39, 0.29) is 17.9 Å². The predicted octanol–water partition coefficient (Wildman–Crippen LogP) is 5.20. The number of rotatable bonds is 7. The lowest BCUT2D eigenvalue weighted by atomic mass is 10.00. The average Bonchev–Trinajstić information content (AvgIpc) is 2.66. The first kappa shape index (κ1) is 23.0. The van der Waals surface area contributed by atoms with Gasteiger partial charge in [0.15, 0.2) is 11.6 Å². The molecule has 1 amide bonds. The van der Waals surface area contributed by atoms with Crippen molar-refractivity contribution >= 4 is 17.5 Å². The van der Waals surface area contributed by atoms with Gasteiger partial charge in [-0.2, -0.15) is 0 Å². The summed E-state index contributed by atoms with van der Waals surface area (Å²) in [5, 5.41) is 2.53. The van der Waals surface area contributed by atoms with Gasteiger partial charge in [0.05, 0.1) is 20.4 Å². The third-order valence-electron chi connectivity index (χ3n) is 3.91. The highest BCUT2D eigenvalue weighted by atomic mass is 19.1. The van der Waals surface area contributed by atoms with E-state index in [1.807, 2.05) is 0 Å². The SMILES string of the molecule is C=C(C)c1c(OC)cc(OC)c(F)c1COc1ccc(NC(=O)OC(C)(C)C)nc1. The van der Waals surface area contributed by atoms with E-state index >= 15 is 0 Å². The zero-order valence-electron chi connectivity index (χ0n) is 18.1. The monoisotopic (exact) mass is 418 g/mol. The van der Waals surface area contributed by atoms with Crippen LogP contribution in [0.25, 0.3) is 5.57 Å². The molecule has 0 aliphatic carbocycles. The number of pyridine rings is 1. The summed E-state index contributed by atoms with van der Waals surface area (Å²) in [7, 11) is 2.87. The molecule has 1 aromatic heterocycles. The van der Waals surface area contributed by atoms with E-state index < -0.39 is 17.5 Å². The molecule has 0 aliphatic rings. The minimum absolute atomic E-state index is 0.0467. The Morgan fingerprint density at radius 3 is 2.37 bits per heavy atom. The summed E-state index contributed by atoms with van der Waals surface area (Å²) in [6.45, 7) is 10.9. The number of carbonyl (C=O) groups excluding carboxylic acids is 1. The molecule has 7 nitrogen and oxygen atoms in total. The third-order valence-corrected chi connectivity index (χ3v) is 3.91. The van der Waals surface area contributed by atoms with Gasteiger partial charge in [-0.25, -0.2) is 14.2 Å². The number of ether oxygens (including phenoxy) is 4. The predicted molar refractivity (Wildman–Crippen MR) is 113 cm³/mol. The number of nitrogens with zero attached hydrogens (tertiary/aromatic N) is 1. The van der Waals surface area contributed by atoms with Gasteiger partial charge >= 0.3 is 6.09 Å². The molecule has 0 saturated heterocycles. The summed E-state index contributed by atoms with van der Waals surface area (Å²) >= 11 is 0. The molecule has 2 rings (SSSR count). The Morgan fingerprint density at radius 2 is 1.87 bits per heavy atom. The van der Waals surface area contributed by atoms with Crippen molar-refractivity contribution in [3.05, 3.63) is 47.9 Å². The maximum atomic E-state index is 14.9. The zero-order chi connectivity index (χ0) is 22.5. The van der Waals surface area contributed by atoms with E-state index in [0.29, 0.717) is 28.5 Å². The minimum atomic E-state index is -0.615. The number of anilines is 1. The van der Waals surface area contributed by atoms with Crippen LogP contribution in [0.15, 0.2) is 31.0 Å². The van der Waals surface area contributed by atoms with Crippen LogP contribution in [0.5, 0.6) is 17.2 Å². The van der Waals surface area contributed by atoms with E-state index in [9.17, 15) is 9.18 Å². The van der Waals surface area contributed by atoms with Gasteiger partial charge in [-0.05, 0) is 45.4 Å². The second kappa shape index (κ2) is 9.47. The summed E-state index contributed by atoms with van der Waals surface area (Å²) in [5.74, 6) is 0.624. The number of nitrogens with one attached hydrogen (secondary N) is 1. The van der Waals surface area contributed by atoms with E-state index in [1.54, 1.807) is 39.8 Å². The van der Waals surface area contributed by atoms with Crippen LogP contribution in [-0.4, -0.2) is 30.9 Å². The standard InChI is InChI=1S/C22H27FN2O5/c1-13(2)19-15(20(23)17(28-7)10-16(19)27-6)12-29-14-8-9-18(24-11-14)25-21(26)30-22(3,4)5/h8-11H,1,12H2,2-7H3,(H,24,25,26). The van der Waals surface area contributed by atoms with Crippen molar-refractivity contribution in [3.8, 4) is 17.2 Å². The molecule has 0 atom stereocenters. The molecule has 162 valence electrons. The maximum Gasteiger partial charge on any atom is 0.413 e. The number of allylic oxidation sites excluding steroid dienone is 1. The van der Waals surface area contributed by atoms with Crippen LogP contribution >= 0.6 is 0 Å². The molecule has 0 spiro atoms. The molecule has 2 aromatic rings. The molecule has 0 fully saturated rings. The third kappa shape index (κ3) is 5.85. The summed E-state index contributed by atoms with van der Waals surface area (Å²) in [4.78, 5) is 15.9. The van der Waals surface area contributed by atoms with E-state index in [1.165, 1.54) is 26.5 Å². The number of carbonyl (C=O) groups is 1. The number of methoxy groups -OCH3 is 2. The molecule has 30 heavy (non-hydrogen) atoms. The molecule has 0 unspecified atom stereocenters. The van der Waals surface area contributed by atoms with E-state index in [0.717, 1.165) is 0 Å². The molecule has 0 saturated carbocycles. The number of halogens is 1. The van der Waals surface area contributed by atoms with Gasteiger partial charge in [0.1, 0.15) is 29.5 Å². The van der Waals surface area contributed by atoms with Crippen LogP contribution < -0.4 is 19.5 Å². The van der Waals surface area contributed by atoms with Crippen molar-refractivity contribution in [2.75, 3.05) is 19.5 Å². The lowest BCUT2D eigenvalue weighted by Crippen LogP contribution is -2.27. The number of amides is 1. The Morgan fingerprint density at radius 1 is 1.20 bits per heavy atom. The molecular weight excluding hydrogens is 391 g/mol. The molecule has 0 radical (unpaired) electrons. The first-order valence-corrected chi connectivity index (χ1v) is 9.23. The smallest absolute Gasteiger partial charge is 0.413 e. The number of hydrogen-bond donors (Lipinski definition) is 1. The van der Waals surface area contributed by atoms with Gasteiger partial charge in [-0.3, -0.25) is 5.32 Å². The number of benzene rings is 1. The second-order valence-corrected chi connectivity index (χ2v) is 7.52. The van der Waals surface area contributed by atoms with Crippen molar-refractivity contribution in [2.24, 2.45) is 0 Å². The summed E-state index contributed by atoms with van der Waals surface area (Å²) in [5.41, 5.74) is 0.791. The highest BCUT2D eigenvalue weighted by molar-refractivity contribution is 5.83. The Balaban J connectivity index is 2.17. The molecule has 1 aromatic carbocycles. The van der Waals surface area contributed by atoms with Crippen LogP contribution in [0.2, 0.25) is 0 Å². The minimum Gasteiger partial charge on any atom is -0.496 e. The van der Waals surface area contributed by atoms with Crippen molar-refractivity contribution in [1.82, 2.24) is 4.98 Å². The van der Waals surface area contributed by atoms with Crippen molar-refractivity contribution in [2.45, 2.75) is 39.9 Å². The fourth-order valence-electron chi connectivity index (χ4n) is 2.68. The Bertz CT molecular complexity index is 921. The summed E-state index contributed by atoms with van der Waals surface area (Å²) < 4.78 is 36.2. The van der Waals surface area contributed by atoms with Crippen LogP contribution in [0.4, 0.5) is 15.0 Å². The summed E-state index contributed by atoms with van der Waals surface area (Å²) in [6.07, 6.45) is 0.808. The van der Waals surface area contributed by atoms with Gasteiger partial charge < -0.3 is 18.9 Å². The maximum absolute atomic E-state index is 14.9. The summed E-state index contributed by atoms with van der Waals surface area (Å²) in [6, 6.07) is 4.64. The molecule has 0 bridgehead atoms. The number of hydrogen-bond acceptors (Lipinski definition) is 6. The number of aromatic nitrogens is 1. The second-order valence-electron chi connectivity index (χ2n) is 7.52. The van der Waals surface area contributed by atoms with E-state index in [2.05, 4.69) is 16.9 Å². The molecule has 0 aliphatic heterocycles. The van der Waals surface area contributed by atoms with Gasteiger partial charge in [0.25, 0.3) is 0 Å². The average molecular weight is 418 g/mol. The van der Waals surface area contributed by atoms with Gasteiger partial charge in [-0.15, -0.1) is 0 Å². The first-order valence-electron chi connectivity index (χ1n) is 9.23. The normalized spacial score (nSPS) is 10.9. The largest absolute Gasteiger partial charge is 0.496 e. The van der Waals surface area contributed by atoms with Crippen molar-refractivity contribution in [1.29, 1.82) is 0 Å². The first-order chi connectivity index (χ1) is 14.1. The lowest BCUT2D eigenvalue weighted by molar-refractivity contribution is 0.0635. The van der Waals surface area contributed by atoms with Crippen LogP contribution in [0, 0.1) is 5.82 Å². The highest BCUT2D eigenvalue weighted by Crippen LogP contribution is 2.36. The van der Waals surface area contributed by atoms with Gasteiger partial charge in [-0.1, -0.05) is 6.58 Å². The molecule has 1 N–H and O–H groups in total. The Kier molecular flexibility index (Phi) is 7.26. The molecule has 1 heterocycles. The Hall–Kier alpha value is -3.29. The van der Waals surface area contributed by atoms with Crippen LogP contribution in [0.1, 0.15) is 38.8 Å². The Labute approximate surface area is 175 Å². The van der Waals surface area contributed by atoms with Crippen molar-refractivity contribution < 1.29 is 28.1 Å². The van der Waals surface area contributed by atoms with E-state index in [4.69, 9.17) is 18.9 Å². The topological polar surface area (TPSA) is 78.9 Å². The van der Waals surface area contributed by atoms with Crippen molar-refractivity contribution in [3.63, 3.8) is 0 Å². The van der Waals surface area contributed by atoms with Crippen LogP contribution in [-0.2, 0) is 11.3 Å². The quantitative estimate of drug-likeness (QED) is 0.666. The molecular formula is C22H27FN2O5.